The molecule has 1 aliphatic carbocycles. The van der Waals surface area contributed by atoms with Crippen LogP contribution in [0.25, 0.3) is 32.9 Å². The van der Waals surface area contributed by atoms with Gasteiger partial charge in [0.15, 0.2) is 0 Å². The second kappa shape index (κ2) is 22.0. The lowest BCUT2D eigenvalue weighted by atomic mass is 9.86. The Morgan fingerprint density at radius 2 is 1.55 bits per heavy atom. The molecule has 6 rings (SSSR count). The van der Waals surface area contributed by atoms with Crippen molar-refractivity contribution in [1.82, 2.24) is 15.6 Å². The summed E-state index contributed by atoms with van der Waals surface area (Å²) in [6.45, 7) is 27.6. The van der Waals surface area contributed by atoms with Crippen molar-refractivity contribution >= 4 is 21.7 Å². The van der Waals surface area contributed by atoms with E-state index in [2.05, 4.69) is 168 Å². The van der Waals surface area contributed by atoms with Gasteiger partial charge in [0.05, 0.1) is 28.6 Å². The minimum atomic E-state index is 0.0406. The van der Waals surface area contributed by atoms with Crippen molar-refractivity contribution in [3.8, 4) is 11.3 Å². The van der Waals surface area contributed by atoms with E-state index in [1.54, 1.807) is 0 Å². The molecule has 0 spiro atoms. The van der Waals surface area contributed by atoms with Crippen molar-refractivity contribution < 1.29 is 0 Å². The van der Waals surface area contributed by atoms with Crippen LogP contribution in [-0.4, -0.2) is 11.5 Å². The fraction of sp³-hybridized carbons (Fsp3) is 0.300. The summed E-state index contributed by atoms with van der Waals surface area (Å²) >= 11 is 0. The first-order chi connectivity index (χ1) is 26.0. The molecule has 4 aromatic rings. The third kappa shape index (κ3) is 10.5. The van der Waals surface area contributed by atoms with Gasteiger partial charge in [-0.2, -0.15) is 0 Å². The van der Waals surface area contributed by atoms with Crippen molar-refractivity contribution in [2.24, 2.45) is 5.92 Å². The molecule has 2 unspecified atom stereocenters. The van der Waals surface area contributed by atoms with Gasteiger partial charge in [0, 0.05) is 28.8 Å². The zero-order valence-electron chi connectivity index (χ0n) is 33.9. The average Bonchev–Trinajstić information content (AvgIpc) is 3.22. The Morgan fingerprint density at radius 3 is 2.21 bits per heavy atom. The van der Waals surface area contributed by atoms with Gasteiger partial charge in [0.1, 0.15) is 0 Å². The molecule has 1 aromatic heterocycles. The highest BCUT2D eigenvalue weighted by Crippen LogP contribution is 2.32. The lowest BCUT2D eigenvalue weighted by Gasteiger charge is -2.29. The van der Waals surface area contributed by atoms with Gasteiger partial charge in [-0.25, -0.2) is 4.98 Å². The van der Waals surface area contributed by atoms with Crippen molar-refractivity contribution in [3.05, 3.63) is 174 Å². The molecule has 2 atom stereocenters. The van der Waals surface area contributed by atoms with Gasteiger partial charge in [0.2, 0.25) is 0 Å². The highest BCUT2D eigenvalue weighted by molar-refractivity contribution is 6.05. The molecule has 3 aromatic carbocycles. The molecule has 2 heterocycles. The second-order valence-electron chi connectivity index (χ2n) is 12.7. The first kappa shape index (κ1) is 42.3. The molecule has 0 radical (unpaired) electrons. The summed E-state index contributed by atoms with van der Waals surface area (Å²) in [6, 6.07) is 25.9. The van der Waals surface area contributed by atoms with E-state index in [1.807, 2.05) is 39.8 Å². The lowest BCUT2D eigenvalue weighted by Crippen LogP contribution is -2.31. The van der Waals surface area contributed by atoms with Crippen LogP contribution in [0.4, 0.5) is 0 Å². The molecule has 2 aliphatic rings. The zero-order chi connectivity index (χ0) is 38.8. The number of fused-ring (bicyclic) bond motifs is 3. The molecular formula is C50H63N3. The molecule has 0 saturated heterocycles. The number of benzene rings is 3. The van der Waals surface area contributed by atoms with Crippen LogP contribution in [0.1, 0.15) is 93.2 Å². The fourth-order valence-corrected chi connectivity index (χ4v) is 6.58. The van der Waals surface area contributed by atoms with Crippen molar-refractivity contribution in [2.75, 3.05) is 6.54 Å². The number of allylic oxidation sites excluding steroid dienone is 9. The molecule has 0 bridgehead atoms. The van der Waals surface area contributed by atoms with Crippen LogP contribution in [0.3, 0.4) is 0 Å². The maximum absolute atomic E-state index is 5.11. The molecule has 0 amide bonds. The van der Waals surface area contributed by atoms with Crippen LogP contribution in [0, 0.1) is 5.92 Å². The summed E-state index contributed by atoms with van der Waals surface area (Å²) in [4.78, 5) is 5.11. The summed E-state index contributed by atoms with van der Waals surface area (Å²) in [5.74, 6) is 0.370. The molecule has 53 heavy (non-hydrogen) atoms. The van der Waals surface area contributed by atoms with Crippen LogP contribution >= 0.6 is 0 Å². The Kier molecular flexibility index (Phi) is 17.6. The van der Waals surface area contributed by atoms with E-state index in [0.717, 1.165) is 52.0 Å². The zero-order valence-corrected chi connectivity index (χ0v) is 33.9. The number of rotatable bonds is 10. The van der Waals surface area contributed by atoms with Gasteiger partial charge < -0.3 is 10.6 Å². The molecule has 1 aliphatic heterocycles. The van der Waals surface area contributed by atoms with Crippen molar-refractivity contribution in [2.45, 2.75) is 87.6 Å². The van der Waals surface area contributed by atoms with Gasteiger partial charge in [0.25, 0.3) is 0 Å². The number of dihydropyridines is 1. The van der Waals surface area contributed by atoms with E-state index >= 15 is 0 Å². The van der Waals surface area contributed by atoms with Gasteiger partial charge in [-0.05, 0) is 66.0 Å². The number of aromatic nitrogens is 1. The van der Waals surface area contributed by atoms with E-state index in [4.69, 9.17) is 4.98 Å². The smallest absolute Gasteiger partial charge is 0.0787 e. The molecule has 2 N–H and O–H groups in total. The molecular weight excluding hydrogens is 643 g/mol. The average molecular weight is 706 g/mol. The summed E-state index contributed by atoms with van der Waals surface area (Å²) in [6.07, 6.45) is 20.6. The van der Waals surface area contributed by atoms with E-state index < -0.39 is 0 Å². The van der Waals surface area contributed by atoms with Gasteiger partial charge in [-0.3, -0.25) is 0 Å². The topological polar surface area (TPSA) is 37.0 Å². The SMILES string of the molecule is C=CC1=C(CN/C(C2=C(CC)C=CC(c3ccc(-c4ccc5ccc6ccccc6c5n4)cc3)N2)=C(/C)C=C)C=CCC1/C=C\C.CC.CC.CCC. The highest BCUT2D eigenvalue weighted by atomic mass is 15.0. The normalized spacial score (nSPS) is 16.8. The van der Waals surface area contributed by atoms with Crippen LogP contribution in [0.5, 0.6) is 0 Å². The summed E-state index contributed by atoms with van der Waals surface area (Å²) in [5, 5.41) is 11.2. The van der Waals surface area contributed by atoms with Crippen molar-refractivity contribution in [1.29, 1.82) is 0 Å². The Labute approximate surface area is 321 Å². The minimum Gasteiger partial charge on any atom is -0.379 e. The second-order valence-corrected chi connectivity index (χ2v) is 12.7. The molecule has 0 saturated carbocycles. The van der Waals surface area contributed by atoms with Crippen LogP contribution < -0.4 is 10.6 Å². The monoisotopic (exact) mass is 706 g/mol. The Balaban J connectivity index is 0.00000101. The van der Waals surface area contributed by atoms with Gasteiger partial charge >= 0.3 is 0 Å². The Morgan fingerprint density at radius 1 is 0.868 bits per heavy atom. The predicted octanol–water partition coefficient (Wildman–Crippen LogP) is 14.1. The van der Waals surface area contributed by atoms with Gasteiger partial charge in [-0.15, -0.1) is 0 Å². The number of nitrogens with zero attached hydrogens (tertiary/aromatic N) is 1. The standard InChI is InChI=1S/C43H43N3.C3H8.2C2H6/c1-6-13-31-15-12-16-36(37(31)9-4)28-44-41(29(5)7-2)43-30(8-3)24-26-40(46-43)34-21-19-33(20-22-34)39-27-25-35-23-18-32-14-10-11-17-38(32)42(35)45-39;1-3-2;2*1-2/h6-7,9-14,16-27,31,40,44,46H,2,4,8,15,28H2,1,3,5H3;3H2,1-2H3;2*1-2H3/b13-6-,41-29-;;;. The lowest BCUT2D eigenvalue weighted by molar-refractivity contribution is 0.672. The van der Waals surface area contributed by atoms with E-state index in [1.165, 1.54) is 39.5 Å². The molecule has 0 fully saturated rings. The Bertz CT molecular complexity index is 2000. The minimum absolute atomic E-state index is 0.0406. The largest absolute Gasteiger partial charge is 0.379 e. The van der Waals surface area contributed by atoms with Crippen LogP contribution in [0.15, 0.2) is 168 Å². The first-order valence-corrected chi connectivity index (χ1v) is 19.7. The van der Waals surface area contributed by atoms with E-state index in [9.17, 15) is 0 Å². The van der Waals surface area contributed by atoms with E-state index in [-0.39, 0.29) is 6.04 Å². The maximum Gasteiger partial charge on any atom is 0.0787 e. The van der Waals surface area contributed by atoms with E-state index in [0.29, 0.717) is 12.5 Å². The predicted molar refractivity (Wildman–Crippen MR) is 236 cm³/mol. The molecule has 278 valence electrons. The summed E-state index contributed by atoms with van der Waals surface area (Å²) in [7, 11) is 0. The number of nitrogens with one attached hydrogen (secondary N) is 2. The Hall–Kier alpha value is -5.15. The first-order valence-electron chi connectivity index (χ1n) is 19.7. The fourth-order valence-electron chi connectivity index (χ4n) is 6.58. The summed E-state index contributed by atoms with van der Waals surface area (Å²) in [5.41, 5.74) is 11.5. The molecule has 3 heteroatoms. The molecule has 3 nitrogen and oxygen atoms in total. The third-order valence-electron chi connectivity index (χ3n) is 9.17. The highest BCUT2D eigenvalue weighted by Gasteiger charge is 2.22. The number of pyridine rings is 1. The summed E-state index contributed by atoms with van der Waals surface area (Å²) < 4.78 is 0. The number of hydrogen-bond acceptors (Lipinski definition) is 3. The maximum atomic E-state index is 5.11. The quantitative estimate of drug-likeness (QED) is 0.0980. The van der Waals surface area contributed by atoms with Crippen molar-refractivity contribution in [3.63, 3.8) is 0 Å². The van der Waals surface area contributed by atoms with Crippen LogP contribution in [0.2, 0.25) is 0 Å². The van der Waals surface area contributed by atoms with Gasteiger partial charge in [-0.1, -0.05) is 183 Å². The third-order valence-corrected chi connectivity index (χ3v) is 9.17. The number of hydrogen-bond donors (Lipinski definition) is 2. The van der Waals surface area contributed by atoms with Crippen LogP contribution in [-0.2, 0) is 0 Å².